The summed E-state index contributed by atoms with van der Waals surface area (Å²) in [7, 11) is 2.11. The summed E-state index contributed by atoms with van der Waals surface area (Å²) in [6.45, 7) is 7.64. The SMILES string of the molecule is CCc1c(C#N)c(C)nc(N2CCCN(C)CC2)c1C#N. The molecule has 0 spiro atoms. The van der Waals surface area contributed by atoms with Gasteiger partial charge < -0.3 is 9.80 Å². The number of aryl methyl sites for hydroxylation is 1. The van der Waals surface area contributed by atoms with Gasteiger partial charge in [0.2, 0.25) is 0 Å². The molecule has 0 unspecified atom stereocenters. The van der Waals surface area contributed by atoms with Crippen LogP contribution < -0.4 is 4.90 Å². The Bertz CT molecular complexity index is 609. The molecule has 1 aromatic heterocycles. The molecule has 0 radical (unpaired) electrons. The lowest BCUT2D eigenvalue weighted by atomic mass is 9.99. The van der Waals surface area contributed by atoms with E-state index in [1.54, 1.807) is 0 Å². The van der Waals surface area contributed by atoms with E-state index < -0.39 is 0 Å². The molecule has 0 aliphatic carbocycles. The van der Waals surface area contributed by atoms with Crippen LogP contribution in [0, 0.1) is 29.6 Å². The van der Waals surface area contributed by atoms with Crippen molar-refractivity contribution in [3.05, 3.63) is 22.4 Å². The van der Waals surface area contributed by atoms with Gasteiger partial charge in [0.1, 0.15) is 18.0 Å². The van der Waals surface area contributed by atoms with Gasteiger partial charge in [0.15, 0.2) is 0 Å². The minimum atomic E-state index is 0.560. The molecular weight excluding hydrogens is 262 g/mol. The van der Waals surface area contributed by atoms with E-state index in [9.17, 15) is 10.5 Å². The van der Waals surface area contributed by atoms with Gasteiger partial charge in [-0.25, -0.2) is 4.98 Å². The normalized spacial score (nSPS) is 16.1. The number of anilines is 1. The highest BCUT2D eigenvalue weighted by Gasteiger charge is 2.22. The van der Waals surface area contributed by atoms with E-state index in [0.717, 1.165) is 49.7 Å². The van der Waals surface area contributed by atoms with Crippen molar-refractivity contribution in [3.63, 3.8) is 0 Å². The predicted octanol–water partition coefficient (Wildman–Crippen LogP) is 1.84. The first kappa shape index (κ1) is 15.3. The van der Waals surface area contributed by atoms with Gasteiger partial charge in [-0.15, -0.1) is 0 Å². The van der Waals surface area contributed by atoms with Crippen LogP contribution in [0.2, 0.25) is 0 Å². The van der Waals surface area contributed by atoms with Crippen molar-refractivity contribution < 1.29 is 0 Å². The monoisotopic (exact) mass is 283 g/mol. The van der Waals surface area contributed by atoms with Crippen molar-refractivity contribution in [3.8, 4) is 12.1 Å². The van der Waals surface area contributed by atoms with E-state index >= 15 is 0 Å². The van der Waals surface area contributed by atoms with Crippen LogP contribution in [0.15, 0.2) is 0 Å². The summed E-state index contributed by atoms with van der Waals surface area (Å²) in [6, 6.07) is 4.48. The largest absolute Gasteiger partial charge is 0.354 e. The fourth-order valence-electron chi connectivity index (χ4n) is 2.86. The third-order valence-corrected chi connectivity index (χ3v) is 4.06. The maximum absolute atomic E-state index is 9.56. The molecule has 0 atom stereocenters. The highest BCUT2D eigenvalue weighted by Crippen LogP contribution is 2.27. The van der Waals surface area contributed by atoms with Gasteiger partial charge in [0.25, 0.3) is 0 Å². The Morgan fingerprint density at radius 2 is 1.81 bits per heavy atom. The Labute approximate surface area is 126 Å². The Hall–Kier alpha value is -2.11. The van der Waals surface area contributed by atoms with E-state index in [0.29, 0.717) is 17.5 Å². The molecule has 2 rings (SSSR count). The van der Waals surface area contributed by atoms with E-state index in [-0.39, 0.29) is 0 Å². The molecule has 5 nitrogen and oxygen atoms in total. The third kappa shape index (κ3) is 2.99. The number of hydrogen-bond donors (Lipinski definition) is 0. The Balaban J connectivity index is 2.51. The fourth-order valence-corrected chi connectivity index (χ4v) is 2.86. The Kier molecular flexibility index (Phi) is 4.77. The zero-order valence-corrected chi connectivity index (χ0v) is 13.0. The van der Waals surface area contributed by atoms with E-state index in [1.165, 1.54) is 0 Å². The zero-order valence-electron chi connectivity index (χ0n) is 13.0. The summed E-state index contributed by atoms with van der Waals surface area (Å²) in [6.07, 6.45) is 1.74. The molecule has 1 aliphatic rings. The maximum Gasteiger partial charge on any atom is 0.147 e. The van der Waals surface area contributed by atoms with Crippen molar-refractivity contribution in [2.45, 2.75) is 26.7 Å². The molecule has 0 bridgehead atoms. The molecule has 110 valence electrons. The van der Waals surface area contributed by atoms with Gasteiger partial charge in [-0.1, -0.05) is 6.92 Å². The van der Waals surface area contributed by atoms with Crippen LogP contribution >= 0.6 is 0 Å². The molecule has 5 heteroatoms. The first-order chi connectivity index (χ1) is 10.1. The smallest absolute Gasteiger partial charge is 0.147 e. The number of nitrogens with zero attached hydrogens (tertiary/aromatic N) is 5. The van der Waals surface area contributed by atoms with Crippen LogP contribution in [0.1, 0.15) is 35.7 Å². The van der Waals surface area contributed by atoms with Gasteiger partial charge in [-0.2, -0.15) is 10.5 Å². The second kappa shape index (κ2) is 6.56. The number of rotatable bonds is 2. The second-order valence-electron chi connectivity index (χ2n) is 5.47. The molecule has 0 N–H and O–H groups in total. The third-order valence-electron chi connectivity index (χ3n) is 4.06. The van der Waals surface area contributed by atoms with Crippen LogP contribution in [0.3, 0.4) is 0 Å². The average Bonchev–Trinajstić information content (AvgIpc) is 2.70. The van der Waals surface area contributed by atoms with Crippen molar-refractivity contribution in [2.75, 3.05) is 38.1 Å². The molecule has 2 heterocycles. The van der Waals surface area contributed by atoms with Crippen molar-refractivity contribution in [1.29, 1.82) is 10.5 Å². The molecule has 1 aromatic rings. The first-order valence-electron chi connectivity index (χ1n) is 7.39. The summed E-state index contributed by atoms with van der Waals surface area (Å²) in [4.78, 5) is 9.06. The molecular formula is C16H21N5. The lowest BCUT2D eigenvalue weighted by Gasteiger charge is -2.24. The predicted molar refractivity (Wildman–Crippen MR) is 82.1 cm³/mol. The molecule has 1 aliphatic heterocycles. The second-order valence-corrected chi connectivity index (χ2v) is 5.47. The number of hydrogen-bond acceptors (Lipinski definition) is 5. The lowest BCUT2D eigenvalue weighted by molar-refractivity contribution is 0.360. The summed E-state index contributed by atoms with van der Waals surface area (Å²) >= 11 is 0. The van der Waals surface area contributed by atoms with Crippen LogP contribution in [-0.4, -0.2) is 43.1 Å². The topological polar surface area (TPSA) is 67.0 Å². The Morgan fingerprint density at radius 1 is 1.10 bits per heavy atom. The van der Waals surface area contributed by atoms with Crippen LogP contribution in [0.4, 0.5) is 5.82 Å². The van der Waals surface area contributed by atoms with Crippen LogP contribution in [0.5, 0.6) is 0 Å². The minimum Gasteiger partial charge on any atom is -0.354 e. The number of likely N-dealkylation sites (N-methyl/N-ethyl adjacent to an activating group) is 1. The molecule has 0 saturated carbocycles. The fraction of sp³-hybridized carbons (Fsp3) is 0.562. The van der Waals surface area contributed by atoms with Gasteiger partial charge in [0.05, 0.1) is 16.8 Å². The number of aromatic nitrogens is 1. The summed E-state index contributed by atoms with van der Waals surface area (Å²) < 4.78 is 0. The first-order valence-corrected chi connectivity index (χ1v) is 7.39. The van der Waals surface area contributed by atoms with Crippen molar-refractivity contribution in [1.82, 2.24) is 9.88 Å². The highest BCUT2D eigenvalue weighted by atomic mass is 15.2. The van der Waals surface area contributed by atoms with Gasteiger partial charge in [-0.05, 0) is 38.9 Å². The van der Waals surface area contributed by atoms with E-state index in [1.807, 2.05) is 13.8 Å². The van der Waals surface area contributed by atoms with Crippen LogP contribution in [-0.2, 0) is 6.42 Å². The highest BCUT2D eigenvalue weighted by molar-refractivity contribution is 5.63. The summed E-state index contributed by atoms with van der Waals surface area (Å²) in [5, 5.41) is 18.9. The van der Waals surface area contributed by atoms with Gasteiger partial charge in [-0.3, -0.25) is 0 Å². The molecule has 21 heavy (non-hydrogen) atoms. The van der Waals surface area contributed by atoms with Gasteiger partial charge in [0, 0.05) is 19.6 Å². The number of nitriles is 2. The van der Waals surface area contributed by atoms with Crippen molar-refractivity contribution >= 4 is 5.82 Å². The van der Waals surface area contributed by atoms with Crippen molar-refractivity contribution in [2.24, 2.45) is 0 Å². The molecule has 0 aromatic carbocycles. The lowest BCUT2D eigenvalue weighted by Crippen LogP contribution is -2.30. The molecule has 1 fully saturated rings. The zero-order chi connectivity index (χ0) is 15.4. The maximum atomic E-state index is 9.56. The van der Waals surface area contributed by atoms with Crippen LogP contribution in [0.25, 0.3) is 0 Å². The van der Waals surface area contributed by atoms with Gasteiger partial charge >= 0.3 is 0 Å². The molecule has 0 amide bonds. The average molecular weight is 283 g/mol. The standard InChI is InChI=1S/C16H21N5/c1-4-13-14(10-17)12(2)19-16(15(13)11-18)21-7-5-6-20(3)8-9-21/h4-9H2,1-3H3. The molecule has 1 saturated heterocycles. The van der Waals surface area contributed by atoms with E-state index in [4.69, 9.17) is 0 Å². The quantitative estimate of drug-likeness (QED) is 0.828. The summed E-state index contributed by atoms with van der Waals surface area (Å²) in [5.74, 6) is 0.751. The summed E-state index contributed by atoms with van der Waals surface area (Å²) in [5.41, 5.74) is 2.69. The minimum absolute atomic E-state index is 0.560. The Morgan fingerprint density at radius 3 is 2.43 bits per heavy atom. The number of pyridine rings is 1. The van der Waals surface area contributed by atoms with E-state index in [2.05, 4.69) is 34.0 Å².